The molecular weight excluding hydrogens is 561 g/mol. The van der Waals surface area contributed by atoms with Gasteiger partial charge in [-0.25, -0.2) is 22.7 Å². The number of rotatable bonds is 5. The van der Waals surface area contributed by atoms with Gasteiger partial charge < -0.3 is 14.5 Å². The molecule has 2 aliphatic heterocycles. The second-order valence-electron chi connectivity index (χ2n) is 9.30. The summed E-state index contributed by atoms with van der Waals surface area (Å²) in [7, 11) is 0. The van der Waals surface area contributed by atoms with Crippen LogP contribution in [0.15, 0.2) is 53.3 Å². The van der Waals surface area contributed by atoms with Crippen molar-refractivity contribution in [2.24, 2.45) is 0 Å². The van der Waals surface area contributed by atoms with Crippen molar-refractivity contribution in [2.45, 2.75) is 18.6 Å². The summed E-state index contributed by atoms with van der Waals surface area (Å²) in [5, 5.41) is 4.68. The predicted molar refractivity (Wildman–Crippen MR) is 143 cm³/mol. The lowest BCUT2D eigenvalue weighted by molar-refractivity contribution is 0.122. The summed E-state index contributed by atoms with van der Waals surface area (Å²) in [6.07, 6.45) is 6.10. The molecule has 0 radical (unpaired) electrons. The molecule has 0 N–H and O–H groups in total. The molecule has 0 unspecified atom stereocenters. The molecule has 0 spiro atoms. The van der Waals surface area contributed by atoms with Crippen LogP contribution < -0.4 is 9.80 Å². The van der Waals surface area contributed by atoms with E-state index >= 15 is 0 Å². The number of aromatic nitrogens is 4. The normalized spacial score (nSPS) is 20.2. The third kappa shape index (κ3) is 4.88. The molecule has 2 saturated heterocycles. The molecular formula is C27H24BrF3N6O. The third-order valence-corrected chi connectivity index (χ3v) is 7.51. The van der Waals surface area contributed by atoms with E-state index in [9.17, 15) is 13.2 Å². The minimum atomic E-state index is -1.19. The fraction of sp³-hybridized carbons (Fsp3) is 0.296. The molecule has 3 aromatic heterocycles. The van der Waals surface area contributed by atoms with E-state index in [1.54, 1.807) is 27.7 Å². The van der Waals surface area contributed by atoms with Crippen LogP contribution in [-0.2, 0) is 4.74 Å². The number of hydrogen-bond donors (Lipinski definition) is 0. The molecule has 4 aromatic rings. The number of imidazole rings is 1. The summed E-state index contributed by atoms with van der Waals surface area (Å²) < 4.78 is 50.9. The van der Waals surface area contributed by atoms with Crippen LogP contribution in [0.5, 0.6) is 0 Å². The van der Waals surface area contributed by atoms with Gasteiger partial charge in [-0.2, -0.15) is 0 Å². The SMILES string of the molecule is Fc1ccc(F)c([C@H]2C[C@H](F)CN2c2ccc3ncc(/C=C/c4ncc(N5CCOCC5)cc4Br)n3n2)c1. The van der Waals surface area contributed by atoms with Crippen molar-refractivity contribution in [3.63, 3.8) is 0 Å². The highest BCUT2D eigenvalue weighted by Crippen LogP contribution is 2.38. The zero-order chi connectivity index (χ0) is 26.2. The summed E-state index contributed by atoms with van der Waals surface area (Å²) in [5.41, 5.74) is 3.19. The Morgan fingerprint density at radius 1 is 1.00 bits per heavy atom. The number of fused-ring (bicyclic) bond motifs is 1. The van der Waals surface area contributed by atoms with E-state index < -0.39 is 23.8 Å². The lowest BCUT2D eigenvalue weighted by Crippen LogP contribution is -2.36. The Hall–Kier alpha value is -3.44. The zero-order valence-electron chi connectivity index (χ0n) is 20.3. The van der Waals surface area contributed by atoms with Crippen molar-refractivity contribution in [3.05, 3.63) is 81.9 Å². The highest BCUT2D eigenvalue weighted by atomic mass is 79.9. The fourth-order valence-corrected chi connectivity index (χ4v) is 5.44. The molecule has 38 heavy (non-hydrogen) atoms. The van der Waals surface area contributed by atoms with Gasteiger partial charge in [0.05, 0.1) is 55.3 Å². The van der Waals surface area contributed by atoms with Gasteiger partial charge in [0.25, 0.3) is 0 Å². The molecule has 2 atom stereocenters. The van der Waals surface area contributed by atoms with Gasteiger partial charge in [-0.05, 0) is 64.5 Å². The van der Waals surface area contributed by atoms with E-state index in [0.717, 1.165) is 47.1 Å². The van der Waals surface area contributed by atoms with Crippen LogP contribution in [-0.4, -0.2) is 58.6 Å². The number of nitrogens with zero attached hydrogens (tertiary/aromatic N) is 6. The van der Waals surface area contributed by atoms with E-state index in [-0.39, 0.29) is 18.5 Å². The topological polar surface area (TPSA) is 58.8 Å². The van der Waals surface area contributed by atoms with Gasteiger partial charge in [-0.1, -0.05) is 0 Å². The van der Waals surface area contributed by atoms with Crippen molar-refractivity contribution < 1.29 is 17.9 Å². The number of morpholine rings is 1. The fourth-order valence-electron chi connectivity index (χ4n) is 4.97. The van der Waals surface area contributed by atoms with Gasteiger partial charge in [0.1, 0.15) is 23.6 Å². The third-order valence-electron chi connectivity index (χ3n) is 6.88. The Kier molecular flexibility index (Phi) is 6.79. The van der Waals surface area contributed by atoms with E-state index in [1.807, 2.05) is 24.4 Å². The van der Waals surface area contributed by atoms with Crippen LogP contribution in [0.1, 0.15) is 29.4 Å². The van der Waals surface area contributed by atoms with Crippen LogP contribution in [0.4, 0.5) is 24.7 Å². The van der Waals surface area contributed by atoms with Crippen molar-refractivity contribution in [2.75, 3.05) is 42.6 Å². The maximum atomic E-state index is 14.6. The van der Waals surface area contributed by atoms with Gasteiger partial charge in [-0.15, -0.1) is 5.10 Å². The van der Waals surface area contributed by atoms with Gasteiger partial charge in [0.2, 0.25) is 0 Å². The maximum Gasteiger partial charge on any atom is 0.154 e. The average molecular weight is 585 g/mol. The molecule has 2 fully saturated rings. The molecule has 196 valence electrons. The summed E-state index contributed by atoms with van der Waals surface area (Å²) in [6, 6.07) is 8.13. The highest BCUT2D eigenvalue weighted by Gasteiger charge is 2.36. The Morgan fingerprint density at radius 2 is 1.84 bits per heavy atom. The highest BCUT2D eigenvalue weighted by molar-refractivity contribution is 9.10. The van der Waals surface area contributed by atoms with Gasteiger partial charge in [0, 0.05) is 29.5 Å². The minimum absolute atomic E-state index is 0.0331. The Balaban J connectivity index is 1.28. The molecule has 5 heterocycles. The van der Waals surface area contributed by atoms with Crippen LogP contribution in [0.25, 0.3) is 17.8 Å². The molecule has 1 aromatic carbocycles. The monoisotopic (exact) mass is 584 g/mol. The number of benzene rings is 1. The first-order valence-electron chi connectivity index (χ1n) is 12.3. The molecule has 7 nitrogen and oxygen atoms in total. The minimum Gasteiger partial charge on any atom is -0.378 e. The number of hydrogen-bond acceptors (Lipinski definition) is 6. The first kappa shape index (κ1) is 24.9. The summed E-state index contributed by atoms with van der Waals surface area (Å²) >= 11 is 3.62. The van der Waals surface area contributed by atoms with E-state index in [2.05, 4.69) is 35.9 Å². The first-order chi connectivity index (χ1) is 18.5. The second-order valence-corrected chi connectivity index (χ2v) is 10.2. The Labute approximate surface area is 225 Å². The Morgan fingerprint density at radius 3 is 2.66 bits per heavy atom. The lowest BCUT2D eigenvalue weighted by atomic mass is 10.0. The summed E-state index contributed by atoms with van der Waals surface area (Å²) in [5.74, 6) is -0.680. The number of anilines is 2. The van der Waals surface area contributed by atoms with E-state index in [1.165, 1.54) is 0 Å². The number of pyridine rings is 1. The lowest BCUT2D eigenvalue weighted by Gasteiger charge is -2.28. The number of alkyl halides is 1. The largest absolute Gasteiger partial charge is 0.378 e. The Bertz CT molecular complexity index is 1510. The van der Waals surface area contributed by atoms with Crippen molar-refractivity contribution in [1.82, 2.24) is 19.6 Å². The maximum absolute atomic E-state index is 14.6. The molecule has 2 aliphatic rings. The predicted octanol–water partition coefficient (Wildman–Crippen LogP) is 5.46. The van der Waals surface area contributed by atoms with Crippen molar-refractivity contribution >= 4 is 45.2 Å². The van der Waals surface area contributed by atoms with Crippen LogP contribution >= 0.6 is 15.9 Å². The van der Waals surface area contributed by atoms with Crippen LogP contribution in [0, 0.1) is 11.6 Å². The molecule has 6 rings (SSSR count). The second kappa shape index (κ2) is 10.4. The zero-order valence-corrected chi connectivity index (χ0v) is 21.9. The van der Waals surface area contributed by atoms with E-state index in [4.69, 9.17) is 4.74 Å². The quantitative estimate of drug-likeness (QED) is 0.310. The first-order valence-corrected chi connectivity index (χ1v) is 13.1. The smallest absolute Gasteiger partial charge is 0.154 e. The van der Waals surface area contributed by atoms with Crippen molar-refractivity contribution in [3.8, 4) is 0 Å². The molecule has 0 saturated carbocycles. The van der Waals surface area contributed by atoms with Gasteiger partial charge in [-0.3, -0.25) is 4.98 Å². The molecule has 11 heteroatoms. The summed E-state index contributed by atoms with van der Waals surface area (Å²) in [6.45, 7) is 3.08. The van der Waals surface area contributed by atoms with Crippen LogP contribution in [0.2, 0.25) is 0 Å². The average Bonchev–Trinajstić information content (AvgIpc) is 3.52. The molecule has 0 aliphatic carbocycles. The summed E-state index contributed by atoms with van der Waals surface area (Å²) in [4.78, 5) is 12.9. The van der Waals surface area contributed by atoms with Gasteiger partial charge in [0.15, 0.2) is 5.65 Å². The standard InChI is InChI=1S/C27H24BrF3N6O/c28-22-13-20(35-7-9-38-10-8-35)15-32-24(22)4-2-19-14-33-26-5-6-27(34-37(19)26)36-16-18(30)12-25(36)21-11-17(29)1-3-23(21)31/h1-6,11,13-15,18,25H,7-10,12,16H2/b4-2+/t18-,25+/m0/s1. The number of halogens is 4. The number of ether oxygens (including phenoxy) is 1. The molecule has 0 amide bonds. The van der Waals surface area contributed by atoms with Crippen LogP contribution in [0.3, 0.4) is 0 Å². The molecule has 0 bridgehead atoms. The van der Waals surface area contributed by atoms with E-state index in [0.29, 0.717) is 30.4 Å². The van der Waals surface area contributed by atoms with Crippen molar-refractivity contribution in [1.29, 1.82) is 0 Å². The van der Waals surface area contributed by atoms with Gasteiger partial charge >= 0.3 is 0 Å².